The summed E-state index contributed by atoms with van der Waals surface area (Å²) in [5.74, 6) is 0.418. The van der Waals surface area contributed by atoms with E-state index in [2.05, 4.69) is 15.2 Å². The van der Waals surface area contributed by atoms with Crippen molar-refractivity contribution >= 4 is 39.1 Å². The van der Waals surface area contributed by atoms with Gasteiger partial charge >= 0.3 is 0 Å². The average Bonchev–Trinajstić information content (AvgIpc) is 3.12. The van der Waals surface area contributed by atoms with Crippen molar-refractivity contribution < 1.29 is 17.7 Å². The third kappa shape index (κ3) is 3.90. The van der Waals surface area contributed by atoms with Crippen molar-refractivity contribution in [3.8, 4) is 11.3 Å². The van der Waals surface area contributed by atoms with E-state index in [4.69, 9.17) is 4.52 Å². The minimum Gasteiger partial charge on any atom is -0.356 e. The Morgan fingerprint density at radius 1 is 1.21 bits per heavy atom. The number of rotatable bonds is 4. The third-order valence-electron chi connectivity index (χ3n) is 4.17. The molecule has 144 valence electrons. The lowest BCUT2D eigenvalue weighted by molar-refractivity contribution is -0.116. The summed E-state index contributed by atoms with van der Waals surface area (Å²) in [6.07, 6.45) is 1.91. The molecule has 4 rings (SSSR count). The van der Waals surface area contributed by atoms with Crippen LogP contribution in [0.25, 0.3) is 11.3 Å². The van der Waals surface area contributed by atoms with Crippen LogP contribution in [0.3, 0.4) is 0 Å². The highest BCUT2D eigenvalue weighted by atomic mass is 32.2. The Kier molecular flexibility index (Phi) is 4.86. The van der Waals surface area contributed by atoms with Crippen molar-refractivity contribution in [1.29, 1.82) is 0 Å². The van der Waals surface area contributed by atoms with Gasteiger partial charge in [0.05, 0.1) is 16.8 Å². The van der Waals surface area contributed by atoms with Gasteiger partial charge in [0, 0.05) is 33.9 Å². The van der Waals surface area contributed by atoms with Gasteiger partial charge in [0.2, 0.25) is 5.91 Å². The van der Waals surface area contributed by atoms with Crippen LogP contribution >= 0.6 is 11.8 Å². The Morgan fingerprint density at radius 2 is 2.07 bits per heavy atom. The zero-order valence-electron chi connectivity index (χ0n) is 14.9. The van der Waals surface area contributed by atoms with E-state index in [-0.39, 0.29) is 16.1 Å². The van der Waals surface area contributed by atoms with Crippen LogP contribution in [0.15, 0.2) is 69.0 Å². The standard InChI is InChI=1S/C19H17N3O4S2/c1-12-9-19(23)21-16-11-15(5-6-18(16)27-12)28(24,25)22-14-4-2-3-13(10-14)17-7-8-20-26-17/h2-8,10-12,22H,9H2,1H3,(H,21,23)/t12-/m0/s1. The molecule has 2 aromatic carbocycles. The number of carbonyl (C=O) groups is 1. The largest absolute Gasteiger partial charge is 0.356 e. The molecule has 0 unspecified atom stereocenters. The Balaban J connectivity index is 1.63. The number of fused-ring (bicyclic) bond motifs is 1. The fourth-order valence-electron chi connectivity index (χ4n) is 2.91. The first-order valence-corrected chi connectivity index (χ1v) is 10.9. The maximum atomic E-state index is 12.9. The number of nitrogens with zero attached hydrogens (tertiary/aromatic N) is 1. The summed E-state index contributed by atoms with van der Waals surface area (Å²) >= 11 is 1.55. The number of aromatic nitrogens is 1. The molecule has 28 heavy (non-hydrogen) atoms. The van der Waals surface area contributed by atoms with Crippen LogP contribution in [-0.2, 0) is 14.8 Å². The quantitative estimate of drug-likeness (QED) is 0.669. The molecule has 0 saturated heterocycles. The fraction of sp³-hybridized carbons (Fsp3) is 0.158. The van der Waals surface area contributed by atoms with Crippen molar-refractivity contribution in [2.75, 3.05) is 10.0 Å². The topological polar surface area (TPSA) is 101 Å². The van der Waals surface area contributed by atoms with Gasteiger partial charge in [-0.15, -0.1) is 11.8 Å². The average molecular weight is 415 g/mol. The first kappa shape index (κ1) is 18.6. The number of carbonyl (C=O) groups excluding carboxylic acids is 1. The summed E-state index contributed by atoms with van der Waals surface area (Å²) in [4.78, 5) is 12.9. The van der Waals surface area contributed by atoms with E-state index in [0.717, 1.165) is 4.90 Å². The Labute approximate surface area is 166 Å². The number of anilines is 2. The minimum absolute atomic E-state index is 0.0757. The zero-order valence-corrected chi connectivity index (χ0v) is 16.5. The van der Waals surface area contributed by atoms with E-state index in [9.17, 15) is 13.2 Å². The lowest BCUT2D eigenvalue weighted by Gasteiger charge is -2.12. The highest BCUT2D eigenvalue weighted by molar-refractivity contribution is 8.00. The number of nitrogens with one attached hydrogen (secondary N) is 2. The highest BCUT2D eigenvalue weighted by Crippen LogP contribution is 2.36. The highest BCUT2D eigenvalue weighted by Gasteiger charge is 2.22. The van der Waals surface area contributed by atoms with E-state index < -0.39 is 10.0 Å². The van der Waals surface area contributed by atoms with Crippen molar-refractivity contribution in [3.63, 3.8) is 0 Å². The van der Waals surface area contributed by atoms with E-state index >= 15 is 0 Å². The lowest BCUT2D eigenvalue weighted by Crippen LogP contribution is -2.15. The van der Waals surface area contributed by atoms with Crippen molar-refractivity contribution in [1.82, 2.24) is 5.16 Å². The summed E-state index contributed by atoms with van der Waals surface area (Å²) < 4.78 is 33.4. The van der Waals surface area contributed by atoms with Gasteiger partial charge in [-0.05, 0) is 30.3 Å². The molecular formula is C19H17N3O4S2. The van der Waals surface area contributed by atoms with Gasteiger partial charge in [-0.3, -0.25) is 9.52 Å². The van der Waals surface area contributed by atoms with Crippen LogP contribution in [0.5, 0.6) is 0 Å². The summed E-state index contributed by atoms with van der Waals surface area (Å²) in [5, 5.41) is 6.57. The van der Waals surface area contributed by atoms with Gasteiger partial charge < -0.3 is 9.84 Å². The van der Waals surface area contributed by atoms with Gasteiger partial charge in [-0.25, -0.2) is 8.42 Å². The Bertz CT molecular complexity index is 1130. The molecule has 1 aliphatic heterocycles. The SMILES string of the molecule is C[C@H]1CC(=O)Nc2cc(S(=O)(=O)Nc3cccc(-c4ccno4)c3)ccc2S1. The van der Waals surface area contributed by atoms with Crippen molar-refractivity contribution in [2.45, 2.75) is 28.4 Å². The first-order chi connectivity index (χ1) is 13.4. The lowest BCUT2D eigenvalue weighted by atomic mass is 10.1. The number of thioether (sulfide) groups is 1. The first-order valence-electron chi connectivity index (χ1n) is 8.55. The minimum atomic E-state index is -3.83. The molecule has 0 aliphatic carbocycles. The van der Waals surface area contributed by atoms with E-state index in [0.29, 0.717) is 29.1 Å². The second-order valence-corrected chi connectivity index (χ2v) is 9.56. The Hall–Kier alpha value is -2.78. The van der Waals surface area contributed by atoms with Gasteiger partial charge in [-0.1, -0.05) is 24.2 Å². The zero-order chi connectivity index (χ0) is 19.7. The molecule has 0 spiro atoms. The second kappa shape index (κ2) is 7.33. The normalized spacial score (nSPS) is 16.8. The monoisotopic (exact) mass is 415 g/mol. The van der Waals surface area contributed by atoms with Crippen LogP contribution < -0.4 is 10.0 Å². The van der Waals surface area contributed by atoms with Crippen LogP contribution in [0.4, 0.5) is 11.4 Å². The van der Waals surface area contributed by atoms with E-state index in [1.807, 2.05) is 6.92 Å². The van der Waals surface area contributed by atoms with Crippen LogP contribution in [0, 0.1) is 0 Å². The molecule has 0 saturated carbocycles. The number of amides is 1. The molecule has 2 heterocycles. The van der Waals surface area contributed by atoms with E-state index in [1.54, 1.807) is 54.2 Å². The smallest absolute Gasteiger partial charge is 0.261 e. The summed E-state index contributed by atoms with van der Waals surface area (Å²) in [5.41, 5.74) is 1.62. The molecule has 0 radical (unpaired) electrons. The summed E-state index contributed by atoms with van der Waals surface area (Å²) in [7, 11) is -3.83. The van der Waals surface area contributed by atoms with Crippen molar-refractivity contribution in [3.05, 3.63) is 54.7 Å². The van der Waals surface area contributed by atoms with Crippen LogP contribution in [-0.4, -0.2) is 24.7 Å². The van der Waals surface area contributed by atoms with Gasteiger partial charge in [0.15, 0.2) is 5.76 Å². The molecule has 9 heteroatoms. The predicted octanol–water partition coefficient (Wildman–Crippen LogP) is 3.97. The number of hydrogen-bond acceptors (Lipinski definition) is 6. The maximum Gasteiger partial charge on any atom is 0.261 e. The second-order valence-electron chi connectivity index (χ2n) is 6.40. The summed E-state index contributed by atoms with van der Waals surface area (Å²) in [6.45, 7) is 1.97. The van der Waals surface area contributed by atoms with Crippen LogP contribution in [0.1, 0.15) is 13.3 Å². The maximum absolute atomic E-state index is 12.9. The predicted molar refractivity (Wildman–Crippen MR) is 108 cm³/mol. The number of benzene rings is 2. The molecule has 1 aromatic heterocycles. The molecule has 7 nitrogen and oxygen atoms in total. The molecule has 2 N–H and O–H groups in total. The molecule has 0 fully saturated rings. The summed E-state index contributed by atoms with van der Waals surface area (Å²) in [6, 6.07) is 13.3. The van der Waals surface area contributed by atoms with Gasteiger partial charge in [-0.2, -0.15) is 0 Å². The van der Waals surface area contributed by atoms with Gasteiger partial charge in [0.1, 0.15) is 0 Å². The Morgan fingerprint density at radius 3 is 2.86 bits per heavy atom. The van der Waals surface area contributed by atoms with E-state index in [1.165, 1.54) is 12.3 Å². The molecule has 1 atom stereocenters. The molecular weight excluding hydrogens is 398 g/mol. The third-order valence-corrected chi connectivity index (χ3v) is 6.73. The number of sulfonamides is 1. The molecule has 1 aliphatic rings. The number of hydrogen-bond donors (Lipinski definition) is 2. The molecule has 0 bridgehead atoms. The fourth-order valence-corrected chi connectivity index (χ4v) is 5.04. The van der Waals surface area contributed by atoms with Crippen LogP contribution in [0.2, 0.25) is 0 Å². The molecule has 1 amide bonds. The van der Waals surface area contributed by atoms with Gasteiger partial charge in [0.25, 0.3) is 10.0 Å². The van der Waals surface area contributed by atoms with Crippen molar-refractivity contribution in [2.24, 2.45) is 0 Å². The molecule has 3 aromatic rings.